The van der Waals surface area contributed by atoms with E-state index >= 15 is 0 Å². The van der Waals surface area contributed by atoms with E-state index in [-0.39, 0.29) is 5.91 Å². The number of aromatic nitrogens is 2. The van der Waals surface area contributed by atoms with Gasteiger partial charge in [-0.25, -0.2) is 9.97 Å². The van der Waals surface area contributed by atoms with Gasteiger partial charge in [0.1, 0.15) is 0 Å². The van der Waals surface area contributed by atoms with Crippen LogP contribution in [0.1, 0.15) is 60.2 Å². The average Bonchev–Trinajstić information content (AvgIpc) is 2.81. The number of amides is 1. The van der Waals surface area contributed by atoms with Crippen molar-refractivity contribution in [2.24, 2.45) is 5.92 Å². The van der Waals surface area contributed by atoms with Gasteiger partial charge in [0.05, 0.1) is 23.5 Å². The summed E-state index contributed by atoms with van der Waals surface area (Å²) < 4.78 is 0. The molecule has 1 N–H and O–H groups in total. The number of aryl methyl sites for hydroxylation is 3. The highest BCUT2D eigenvalue weighted by atomic mass is 16.1. The first kappa shape index (κ1) is 20.9. The molecule has 4 nitrogen and oxygen atoms in total. The summed E-state index contributed by atoms with van der Waals surface area (Å²) in [5, 5.41) is 3.12. The summed E-state index contributed by atoms with van der Waals surface area (Å²) >= 11 is 0. The highest BCUT2D eigenvalue weighted by Crippen LogP contribution is 2.34. The zero-order valence-electron chi connectivity index (χ0n) is 18.9. The molecule has 0 spiro atoms. The lowest BCUT2D eigenvalue weighted by Crippen LogP contribution is -2.21. The predicted octanol–water partition coefficient (Wildman–Crippen LogP) is 5.85. The number of carbonyl (C=O) groups excluding carboxylic acids is 1. The molecule has 2 aliphatic carbocycles. The Morgan fingerprint density at radius 2 is 1.75 bits per heavy atom. The fourth-order valence-electron chi connectivity index (χ4n) is 5.09. The van der Waals surface area contributed by atoms with Gasteiger partial charge in [0.2, 0.25) is 5.91 Å². The predicted molar refractivity (Wildman–Crippen MR) is 129 cm³/mol. The smallest absolute Gasteiger partial charge is 0.229 e. The van der Waals surface area contributed by atoms with Gasteiger partial charge >= 0.3 is 0 Å². The van der Waals surface area contributed by atoms with E-state index in [1.54, 1.807) is 0 Å². The first-order valence-electron chi connectivity index (χ1n) is 12.0. The second kappa shape index (κ2) is 9.23. The molecule has 0 saturated heterocycles. The quantitative estimate of drug-likeness (QED) is 0.557. The zero-order valence-corrected chi connectivity index (χ0v) is 18.9. The molecule has 1 aromatic heterocycles. The van der Waals surface area contributed by atoms with Gasteiger partial charge in [-0.1, -0.05) is 86.2 Å². The van der Waals surface area contributed by atoms with Crippen molar-refractivity contribution < 1.29 is 4.79 Å². The number of anilines is 1. The number of hydrogen-bond donors (Lipinski definition) is 1. The molecule has 1 saturated carbocycles. The third kappa shape index (κ3) is 4.59. The molecule has 164 valence electrons. The van der Waals surface area contributed by atoms with Crippen LogP contribution in [0.15, 0.2) is 48.5 Å². The van der Waals surface area contributed by atoms with Gasteiger partial charge in [0.15, 0.2) is 5.82 Å². The zero-order chi connectivity index (χ0) is 21.9. The summed E-state index contributed by atoms with van der Waals surface area (Å²) in [6.07, 6.45) is 9.48. The van der Waals surface area contributed by atoms with Crippen molar-refractivity contribution in [1.29, 1.82) is 0 Å². The minimum atomic E-state index is -0.0239. The van der Waals surface area contributed by atoms with Crippen molar-refractivity contribution in [2.75, 3.05) is 5.32 Å². The van der Waals surface area contributed by atoms with E-state index in [9.17, 15) is 4.79 Å². The Labute approximate surface area is 190 Å². The molecule has 4 heteroatoms. The average molecular weight is 426 g/mol. The van der Waals surface area contributed by atoms with Crippen LogP contribution in [0.2, 0.25) is 0 Å². The number of fused-ring (bicyclic) bond motifs is 3. The van der Waals surface area contributed by atoms with Crippen molar-refractivity contribution in [1.82, 2.24) is 9.97 Å². The van der Waals surface area contributed by atoms with Crippen molar-refractivity contribution >= 4 is 11.7 Å². The first-order chi connectivity index (χ1) is 15.7. The SMILES string of the molecule is Cc1ccc(CC(=O)Nc2nc3c(nc2CC2CCCCC2)-c2ccccc2CC3)cc1. The Morgan fingerprint density at radius 3 is 2.56 bits per heavy atom. The van der Waals surface area contributed by atoms with Crippen LogP contribution in [0.3, 0.4) is 0 Å². The molecule has 0 radical (unpaired) electrons. The van der Waals surface area contributed by atoms with Crippen LogP contribution in [0.4, 0.5) is 5.82 Å². The van der Waals surface area contributed by atoms with Gasteiger partial charge in [-0.2, -0.15) is 0 Å². The maximum absolute atomic E-state index is 12.9. The number of hydrogen-bond acceptors (Lipinski definition) is 3. The Bertz CT molecular complexity index is 1110. The Hall–Kier alpha value is -3.01. The lowest BCUT2D eigenvalue weighted by molar-refractivity contribution is -0.115. The Morgan fingerprint density at radius 1 is 0.969 bits per heavy atom. The summed E-state index contributed by atoms with van der Waals surface area (Å²) in [5.41, 5.74) is 7.71. The number of rotatable bonds is 5. The topological polar surface area (TPSA) is 54.9 Å². The summed E-state index contributed by atoms with van der Waals surface area (Å²) in [5.74, 6) is 1.28. The highest BCUT2D eigenvalue weighted by molar-refractivity contribution is 5.92. The van der Waals surface area contributed by atoms with Crippen molar-refractivity contribution in [2.45, 2.75) is 64.7 Å². The second-order valence-electron chi connectivity index (χ2n) is 9.39. The fraction of sp³-hybridized carbons (Fsp3) is 0.393. The molecule has 32 heavy (non-hydrogen) atoms. The molecule has 0 bridgehead atoms. The summed E-state index contributed by atoms with van der Waals surface area (Å²) in [6.45, 7) is 2.06. The van der Waals surface area contributed by atoms with E-state index in [2.05, 4.69) is 36.5 Å². The first-order valence-corrected chi connectivity index (χ1v) is 12.0. The normalized spacial score (nSPS) is 15.7. The van der Waals surface area contributed by atoms with Crippen LogP contribution in [0.5, 0.6) is 0 Å². The third-order valence-corrected chi connectivity index (χ3v) is 6.89. The van der Waals surface area contributed by atoms with Gasteiger partial charge in [0.25, 0.3) is 0 Å². The standard InChI is InChI=1S/C28H31N3O/c1-19-11-13-21(14-12-19)18-26(32)31-28-25(17-20-7-3-2-4-8-20)29-27-23-10-6-5-9-22(23)15-16-24(27)30-28/h5-6,9-14,20H,2-4,7-8,15-18H2,1H3,(H,30,31,32). The molecule has 0 aliphatic heterocycles. The van der Waals surface area contributed by atoms with Crippen molar-refractivity contribution in [3.63, 3.8) is 0 Å². The molecule has 1 amide bonds. The van der Waals surface area contributed by atoms with E-state index in [4.69, 9.17) is 9.97 Å². The number of nitrogens with one attached hydrogen (secondary N) is 1. The molecule has 2 aromatic carbocycles. The highest BCUT2D eigenvalue weighted by Gasteiger charge is 2.24. The van der Waals surface area contributed by atoms with E-state index in [0.29, 0.717) is 18.2 Å². The minimum Gasteiger partial charge on any atom is -0.309 e. The number of nitrogens with zero attached hydrogens (tertiary/aromatic N) is 2. The monoisotopic (exact) mass is 425 g/mol. The maximum atomic E-state index is 12.9. The van der Waals surface area contributed by atoms with E-state index in [1.165, 1.54) is 48.8 Å². The second-order valence-corrected chi connectivity index (χ2v) is 9.39. The van der Waals surface area contributed by atoms with Crippen LogP contribution >= 0.6 is 0 Å². The molecule has 5 rings (SSSR count). The summed E-state index contributed by atoms with van der Waals surface area (Å²) in [7, 11) is 0. The molecule has 1 fully saturated rings. The lowest BCUT2D eigenvalue weighted by atomic mass is 9.85. The molecule has 1 heterocycles. The van der Waals surface area contributed by atoms with E-state index in [0.717, 1.165) is 41.9 Å². The fourth-order valence-corrected chi connectivity index (χ4v) is 5.09. The molecule has 0 atom stereocenters. The molecular formula is C28H31N3O. The van der Waals surface area contributed by atoms with E-state index < -0.39 is 0 Å². The largest absolute Gasteiger partial charge is 0.309 e. The van der Waals surface area contributed by atoms with Gasteiger partial charge < -0.3 is 5.32 Å². The van der Waals surface area contributed by atoms with Gasteiger partial charge in [-0.3, -0.25) is 4.79 Å². The van der Waals surface area contributed by atoms with E-state index in [1.807, 2.05) is 24.3 Å². The van der Waals surface area contributed by atoms with Crippen LogP contribution < -0.4 is 5.32 Å². The van der Waals surface area contributed by atoms with Crippen molar-refractivity contribution in [3.05, 3.63) is 76.6 Å². The molecule has 2 aliphatic rings. The number of benzene rings is 2. The summed E-state index contributed by atoms with van der Waals surface area (Å²) in [6, 6.07) is 16.7. The minimum absolute atomic E-state index is 0.0239. The summed E-state index contributed by atoms with van der Waals surface area (Å²) in [4.78, 5) is 23.0. The third-order valence-electron chi connectivity index (χ3n) is 6.89. The van der Waals surface area contributed by atoms with Crippen molar-refractivity contribution in [3.8, 4) is 11.3 Å². The van der Waals surface area contributed by atoms with Gasteiger partial charge in [-0.15, -0.1) is 0 Å². The van der Waals surface area contributed by atoms with Crippen LogP contribution in [0, 0.1) is 12.8 Å². The molecule has 0 unspecified atom stereocenters. The van der Waals surface area contributed by atoms with Gasteiger partial charge in [0, 0.05) is 5.56 Å². The lowest BCUT2D eigenvalue weighted by Gasteiger charge is -2.24. The van der Waals surface area contributed by atoms with Crippen LogP contribution in [-0.4, -0.2) is 15.9 Å². The Balaban J connectivity index is 1.45. The molecular weight excluding hydrogens is 394 g/mol. The maximum Gasteiger partial charge on any atom is 0.229 e. The molecule has 3 aromatic rings. The van der Waals surface area contributed by atoms with Gasteiger partial charge in [-0.05, 0) is 43.2 Å². The Kier molecular flexibility index (Phi) is 6.02. The number of carbonyl (C=O) groups is 1. The van der Waals surface area contributed by atoms with Crippen LogP contribution in [-0.2, 0) is 30.5 Å². The van der Waals surface area contributed by atoms with Crippen LogP contribution in [0.25, 0.3) is 11.3 Å².